The summed E-state index contributed by atoms with van der Waals surface area (Å²) in [6.07, 6.45) is 0.811. The van der Waals surface area contributed by atoms with Gasteiger partial charge >= 0.3 is 0 Å². The minimum atomic E-state index is -0.0469. The molecule has 0 bridgehead atoms. The highest BCUT2D eigenvalue weighted by atomic mass is 79.9. The Morgan fingerprint density at radius 2 is 2.42 bits per heavy atom. The van der Waals surface area contributed by atoms with Crippen LogP contribution >= 0.6 is 15.9 Å². The van der Waals surface area contributed by atoms with E-state index in [1.165, 1.54) is 5.56 Å². The molecule has 1 unspecified atom stereocenters. The molecule has 0 fully saturated rings. The van der Waals surface area contributed by atoms with Gasteiger partial charge < -0.3 is 5.32 Å². The zero-order chi connectivity index (χ0) is 8.55. The van der Waals surface area contributed by atoms with Gasteiger partial charge in [0.2, 0.25) is 0 Å². The lowest BCUT2D eigenvalue weighted by Gasteiger charge is -1.99. The zero-order valence-corrected chi connectivity index (χ0v) is 7.93. The molecule has 0 saturated heterocycles. The van der Waals surface area contributed by atoms with E-state index >= 15 is 0 Å². The molecule has 2 nitrogen and oxygen atoms in total. The van der Waals surface area contributed by atoms with Gasteiger partial charge in [-0.3, -0.25) is 0 Å². The number of fused-ring (bicyclic) bond motifs is 1. The average Bonchev–Trinajstić information content (AvgIpc) is 2.46. The molecule has 0 spiro atoms. The van der Waals surface area contributed by atoms with Crippen LogP contribution in [0.5, 0.6) is 0 Å². The van der Waals surface area contributed by atoms with Crippen LogP contribution in [0.1, 0.15) is 5.56 Å². The fourth-order valence-corrected chi connectivity index (χ4v) is 1.82. The molecule has 3 heteroatoms. The molecular formula is C9H7BrN2. The molecule has 60 valence electrons. The van der Waals surface area contributed by atoms with E-state index in [2.05, 4.69) is 33.4 Å². The van der Waals surface area contributed by atoms with Crippen LogP contribution in [0, 0.1) is 11.3 Å². The summed E-state index contributed by atoms with van der Waals surface area (Å²) < 4.78 is 1.07. The van der Waals surface area contributed by atoms with E-state index < -0.39 is 0 Å². The van der Waals surface area contributed by atoms with Crippen molar-refractivity contribution in [2.45, 2.75) is 12.5 Å². The molecule has 1 aromatic carbocycles. The molecule has 1 aliphatic rings. The first-order valence-corrected chi connectivity index (χ1v) is 4.53. The predicted molar refractivity (Wildman–Crippen MR) is 50.9 cm³/mol. The van der Waals surface area contributed by atoms with Crippen LogP contribution in [0.15, 0.2) is 22.7 Å². The zero-order valence-electron chi connectivity index (χ0n) is 6.34. The SMILES string of the molecule is N#CC1Cc2cc(Br)ccc2N1. The van der Waals surface area contributed by atoms with E-state index in [0.717, 1.165) is 16.6 Å². The van der Waals surface area contributed by atoms with E-state index in [0.29, 0.717) is 0 Å². The average molecular weight is 223 g/mol. The maximum Gasteiger partial charge on any atom is 0.118 e. The number of halogens is 1. The van der Waals surface area contributed by atoms with Crippen LogP contribution in [0.25, 0.3) is 0 Å². The van der Waals surface area contributed by atoms with Crippen LogP contribution in [0.3, 0.4) is 0 Å². The Kier molecular flexibility index (Phi) is 1.78. The first kappa shape index (κ1) is 7.63. The second kappa shape index (κ2) is 2.80. The van der Waals surface area contributed by atoms with Crippen molar-refractivity contribution >= 4 is 21.6 Å². The van der Waals surface area contributed by atoms with Crippen LogP contribution in [0.4, 0.5) is 5.69 Å². The first-order chi connectivity index (χ1) is 5.79. The third-order valence-corrected chi connectivity index (χ3v) is 2.47. The van der Waals surface area contributed by atoms with Gasteiger partial charge in [-0.15, -0.1) is 0 Å². The molecule has 0 saturated carbocycles. The van der Waals surface area contributed by atoms with E-state index in [-0.39, 0.29) is 6.04 Å². The fourth-order valence-electron chi connectivity index (χ4n) is 1.41. The molecule has 1 heterocycles. The highest BCUT2D eigenvalue weighted by Crippen LogP contribution is 2.28. The molecule has 0 amide bonds. The van der Waals surface area contributed by atoms with Gasteiger partial charge in [-0.25, -0.2) is 0 Å². The van der Waals surface area contributed by atoms with Crippen molar-refractivity contribution in [2.24, 2.45) is 0 Å². The maximum absolute atomic E-state index is 8.68. The minimum absolute atomic E-state index is 0.0469. The Morgan fingerprint density at radius 3 is 3.17 bits per heavy atom. The summed E-state index contributed by atoms with van der Waals surface area (Å²) in [5.74, 6) is 0. The lowest BCUT2D eigenvalue weighted by molar-refractivity contribution is 0.937. The van der Waals surface area contributed by atoms with Crippen molar-refractivity contribution in [1.82, 2.24) is 0 Å². The summed E-state index contributed by atoms with van der Waals surface area (Å²) in [4.78, 5) is 0. The molecule has 12 heavy (non-hydrogen) atoms. The normalized spacial score (nSPS) is 19.5. The minimum Gasteiger partial charge on any atom is -0.369 e. The van der Waals surface area contributed by atoms with Gasteiger partial charge in [0.1, 0.15) is 6.04 Å². The topological polar surface area (TPSA) is 35.8 Å². The Balaban J connectivity index is 2.37. The standard InChI is InChI=1S/C9H7BrN2/c10-7-1-2-9-6(3-7)4-8(5-11)12-9/h1-3,8,12H,4H2. The van der Waals surface area contributed by atoms with Gasteiger partial charge in [-0.05, 0) is 23.8 Å². The molecule has 0 aliphatic carbocycles. The molecule has 1 atom stereocenters. The Morgan fingerprint density at radius 1 is 1.58 bits per heavy atom. The molecule has 0 aromatic heterocycles. The fraction of sp³-hybridized carbons (Fsp3) is 0.222. The van der Waals surface area contributed by atoms with Gasteiger partial charge in [-0.2, -0.15) is 5.26 Å². The van der Waals surface area contributed by atoms with Crippen LogP contribution in [-0.2, 0) is 6.42 Å². The number of hydrogen-bond donors (Lipinski definition) is 1. The van der Waals surface area contributed by atoms with Crippen molar-refractivity contribution in [2.75, 3.05) is 5.32 Å². The van der Waals surface area contributed by atoms with Crippen LogP contribution in [-0.4, -0.2) is 6.04 Å². The molecule has 0 radical (unpaired) electrons. The van der Waals surface area contributed by atoms with Gasteiger partial charge in [0.25, 0.3) is 0 Å². The van der Waals surface area contributed by atoms with Crippen molar-refractivity contribution < 1.29 is 0 Å². The highest BCUT2D eigenvalue weighted by molar-refractivity contribution is 9.10. The Labute approximate surface area is 79.3 Å². The number of hydrogen-bond acceptors (Lipinski definition) is 2. The Bertz CT molecular complexity index is 354. The van der Waals surface area contributed by atoms with Gasteiger partial charge in [0.15, 0.2) is 0 Å². The third kappa shape index (κ3) is 1.19. The van der Waals surface area contributed by atoms with Crippen molar-refractivity contribution in [1.29, 1.82) is 5.26 Å². The number of rotatable bonds is 0. The largest absolute Gasteiger partial charge is 0.369 e. The Hall–Kier alpha value is -1.01. The molecule has 1 aromatic rings. The van der Waals surface area contributed by atoms with E-state index in [9.17, 15) is 0 Å². The van der Waals surface area contributed by atoms with Crippen molar-refractivity contribution in [3.05, 3.63) is 28.2 Å². The van der Waals surface area contributed by atoms with Crippen LogP contribution in [0.2, 0.25) is 0 Å². The van der Waals surface area contributed by atoms with Crippen molar-refractivity contribution in [3.63, 3.8) is 0 Å². The smallest absolute Gasteiger partial charge is 0.118 e. The maximum atomic E-state index is 8.68. The summed E-state index contributed by atoms with van der Waals surface area (Å²) >= 11 is 3.40. The molecule has 1 aliphatic heterocycles. The summed E-state index contributed by atoms with van der Waals surface area (Å²) in [7, 11) is 0. The quantitative estimate of drug-likeness (QED) is 0.732. The monoisotopic (exact) mass is 222 g/mol. The van der Waals surface area contributed by atoms with Crippen molar-refractivity contribution in [3.8, 4) is 6.07 Å². The van der Waals surface area contributed by atoms with E-state index in [1.807, 2.05) is 12.1 Å². The number of nitrogens with zero attached hydrogens (tertiary/aromatic N) is 1. The van der Waals surface area contributed by atoms with Gasteiger partial charge in [-0.1, -0.05) is 15.9 Å². The van der Waals surface area contributed by atoms with Gasteiger partial charge in [0, 0.05) is 16.6 Å². The highest BCUT2D eigenvalue weighted by Gasteiger charge is 2.19. The first-order valence-electron chi connectivity index (χ1n) is 3.74. The number of benzene rings is 1. The van der Waals surface area contributed by atoms with E-state index in [4.69, 9.17) is 5.26 Å². The molecule has 2 rings (SSSR count). The predicted octanol–water partition coefficient (Wildman–Crippen LogP) is 2.31. The summed E-state index contributed by atoms with van der Waals surface area (Å²) in [6.45, 7) is 0. The second-order valence-corrected chi connectivity index (χ2v) is 3.75. The number of nitrogens with one attached hydrogen (secondary N) is 1. The molecule has 1 N–H and O–H groups in total. The summed E-state index contributed by atoms with van der Waals surface area (Å²) in [5, 5.41) is 11.8. The summed E-state index contributed by atoms with van der Waals surface area (Å²) in [6, 6.07) is 8.19. The number of nitriles is 1. The van der Waals surface area contributed by atoms with Crippen LogP contribution < -0.4 is 5.32 Å². The third-order valence-electron chi connectivity index (χ3n) is 1.98. The van der Waals surface area contributed by atoms with Gasteiger partial charge in [0.05, 0.1) is 6.07 Å². The van der Waals surface area contributed by atoms with E-state index in [1.54, 1.807) is 0 Å². The molecular weight excluding hydrogens is 216 g/mol. The number of anilines is 1. The lowest BCUT2D eigenvalue weighted by Crippen LogP contribution is -2.11. The second-order valence-electron chi connectivity index (χ2n) is 2.83. The lowest BCUT2D eigenvalue weighted by atomic mass is 10.1. The summed E-state index contributed by atoms with van der Waals surface area (Å²) in [5.41, 5.74) is 2.31.